The molecule has 3 aromatic rings. The summed E-state index contributed by atoms with van der Waals surface area (Å²) in [5, 5.41) is 3.36. The van der Waals surface area contributed by atoms with Gasteiger partial charge in [0.25, 0.3) is 0 Å². The van der Waals surface area contributed by atoms with Gasteiger partial charge in [0.2, 0.25) is 5.91 Å². The summed E-state index contributed by atoms with van der Waals surface area (Å²) >= 11 is 5.87. The largest absolute Gasteiger partial charge is 0.441 e. The molecule has 1 aromatic heterocycles. The van der Waals surface area contributed by atoms with Crippen molar-refractivity contribution in [3.8, 4) is 11.3 Å². The van der Waals surface area contributed by atoms with Gasteiger partial charge in [0.15, 0.2) is 21.5 Å². The summed E-state index contributed by atoms with van der Waals surface area (Å²) in [6, 6.07) is 13.2. The SMILES string of the molecule is CS(=O)(=O)c1ccc(NC(=O)CCc2ncc(-c3ccc(Cl)cc3)o2)cc1. The Morgan fingerprint density at radius 2 is 1.78 bits per heavy atom. The van der Waals surface area contributed by atoms with Gasteiger partial charge in [-0.15, -0.1) is 0 Å². The highest BCUT2D eigenvalue weighted by molar-refractivity contribution is 7.90. The van der Waals surface area contributed by atoms with Crippen LogP contribution in [0.4, 0.5) is 5.69 Å². The summed E-state index contributed by atoms with van der Waals surface area (Å²) in [6.45, 7) is 0. The van der Waals surface area contributed by atoms with Crippen LogP contribution in [0.1, 0.15) is 12.3 Å². The molecular weight excluding hydrogens is 388 g/mol. The van der Waals surface area contributed by atoms with Crippen molar-refractivity contribution in [1.29, 1.82) is 0 Å². The molecule has 0 fully saturated rings. The van der Waals surface area contributed by atoms with Gasteiger partial charge in [-0.2, -0.15) is 0 Å². The molecule has 0 saturated heterocycles. The van der Waals surface area contributed by atoms with Gasteiger partial charge in [-0.25, -0.2) is 13.4 Å². The van der Waals surface area contributed by atoms with Gasteiger partial charge < -0.3 is 9.73 Å². The van der Waals surface area contributed by atoms with E-state index in [-0.39, 0.29) is 17.2 Å². The molecule has 0 bridgehead atoms. The van der Waals surface area contributed by atoms with Crippen molar-refractivity contribution < 1.29 is 17.6 Å². The lowest BCUT2D eigenvalue weighted by atomic mass is 10.2. The average Bonchev–Trinajstić information content (AvgIpc) is 3.09. The van der Waals surface area contributed by atoms with Crippen LogP contribution in [-0.2, 0) is 21.1 Å². The van der Waals surface area contributed by atoms with E-state index in [1.54, 1.807) is 30.5 Å². The zero-order chi connectivity index (χ0) is 19.4. The molecular formula is C19H17ClN2O4S. The van der Waals surface area contributed by atoms with Gasteiger partial charge in [0.1, 0.15) is 0 Å². The van der Waals surface area contributed by atoms with Crippen molar-refractivity contribution in [1.82, 2.24) is 4.98 Å². The third kappa shape index (κ3) is 5.18. The second kappa shape index (κ2) is 7.94. The number of nitrogens with zero attached hydrogens (tertiary/aromatic N) is 1. The van der Waals surface area contributed by atoms with Crippen molar-refractivity contribution >= 4 is 33.0 Å². The van der Waals surface area contributed by atoms with Crippen LogP contribution < -0.4 is 5.32 Å². The van der Waals surface area contributed by atoms with Crippen LogP contribution in [0.3, 0.4) is 0 Å². The summed E-state index contributed by atoms with van der Waals surface area (Å²) < 4.78 is 28.5. The summed E-state index contributed by atoms with van der Waals surface area (Å²) in [5.41, 5.74) is 1.38. The highest BCUT2D eigenvalue weighted by Crippen LogP contribution is 2.23. The number of amides is 1. The Morgan fingerprint density at radius 1 is 1.11 bits per heavy atom. The lowest BCUT2D eigenvalue weighted by molar-refractivity contribution is -0.116. The van der Waals surface area contributed by atoms with Crippen LogP contribution in [0, 0.1) is 0 Å². The molecule has 27 heavy (non-hydrogen) atoms. The van der Waals surface area contributed by atoms with Crippen molar-refractivity contribution in [3.05, 3.63) is 65.6 Å². The first-order chi connectivity index (χ1) is 12.8. The number of anilines is 1. The van der Waals surface area contributed by atoms with Crippen molar-refractivity contribution in [3.63, 3.8) is 0 Å². The molecule has 140 valence electrons. The maximum Gasteiger partial charge on any atom is 0.224 e. The number of rotatable bonds is 6. The second-order valence-electron chi connectivity index (χ2n) is 5.97. The maximum absolute atomic E-state index is 12.1. The number of aryl methyl sites for hydroxylation is 1. The molecule has 0 unspecified atom stereocenters. The number of aromatic nitrogens is 1. The minimum atomic E-state index is -3.26. The van der Waals surface area contributed by atoms with Crippen molar-refractivity contribution in [2.45, 2.75) is 17.7 Å². The lowest BCUT2D eigenvalue weighted by Gasteiger charge is -2.05. The molecule has 1 N–H and O–H groups in total. The number of hydrogen-bond acceptors (Lipinski definition) is 5. The number of carbonyl (C=O) groups is 1. The zero-order valence-electron chi connectivity index (χ0n) is 14.5. The third-order valence-corrected chi connectivity index (χ3v) is 5.19. The number of carbonyl (C=O) groups excluding carboxylic acids is 1. The Balaban J connectivity index is 1.56. The molecule has 3 rings (SSSR count). The van der Waals surface area contributed by atoms with E-state index in [4.69, 9.17) is 16.0 Å². The fourth-order valence-electron chi connectivity index (χ4n) is 2.40. The molecule has 2 aromatic carbocycles. The summed E-state index contributed by atoms with van der Waals surface area (Å²) in [4.78, 5) is 16.5. The summed E-state index contributed by atoms with van der Waals surface area (Å²) in [7, 11) is -3.26. The molecule has 1 heterocycles. The van der Waals surface area contributed by atoms with Gasteiger partial charge in [-0.3, -0.25) is 4.79 Å². The van der Waals surface area contributed by atoms with E-state index < -0.39 is 9.84 Å². The Labute approximate surface area is 162 Å². The standard InChI is InChI=1S/C19H17ClN2O4S/c1-27(24,25)16-8-6-15(7-9-16)22-18(23)10-11-19-21-12-17(26-19)13-2-4-14(20)5-3-13/h2-9,12H,10-11H2,1H3,(H,22,23). The Hall–Kier alpha value is -2.64. The first kappa shape index (κ1) is 19.1. The number of sulfone groups is 1. The fraction of sp³-hybridized carbons (Fsp3) is 0.158. The first-order valence-electron chi connectivity index (χ1n) is 8.12. The molecule has 0 spiro atoms. The predicted molar refractivity (Wildman–Crippen MR) is 103 cm³/mol. The zero-order valence-corrected chi connectivity index (χ0v) is 16.0. The molecule has 0 aliphatic rings. The van der Waals surface area contributed by atoms with E-state index >= 15 is 0 Å². The van der Waals surface area contributed by atoms with Gasteiger partial charge in [-0.05, 0) is 48.5 Å². The highest BCUT2D eigenvalue weighted by atomic mass is 35.5. The van der Waals surface area contributed by atoms with Crippen LogP contribution in [0.5, 0.6) is 0 Å². The Morgan fingerprint density at radius 3 is 2.41 bits per heavy atom. The second-order valence-corrected chi connectivity index (χ2v) is 8.42. The monoisotopic (exact) mass is 404 g/mol. The number of oxazole rings is 1. The lowest BCUT2D eigenvalue weighted by Crippen LogP contribution is -2.12. The molecule has 0 saturated carbocycles. The van der Waals surface area contributed by atoms with E-state index in [2.05, 4.69) is 10.3 Å². The van der Waals surface area contributed by atoms with Crippen LogP contribution in [0.15, 0.2) is 64.0 Å². The van der Waals surface area contributed by atoms with Crippen LogP contribution in [-0.4, -0.2) is 25.6 Å². The Kier molecular flexibility index (Phi) is 5.62. The topological polar surface area (TPSA) is 89.3 Å². The number of hydrogen-bond donors (Lipinski definition) is 1. The molecule has 8 heteroatoms. The van der Waals surface area contributed by atoms with Gasteiger partial charge in [0.05, 0.1) is 11.1 Å². The molecule has 0 radical (unpaired) electrons. The summed E-state index contributed by atoms with van der Waals surface area (Å²) in [6.07, 6.45) is 3.28. The molecule has 6 nitrogen and oxygen atoms in total. The number of halogens is 1. The highest BCUT2D eigenvalue weighted by Gasteiger charge is 2.10. The predicted octanol–water partition coefficient (Wildman–Crippen LogP) is 3.97. The van der Waals surface area contributed by atoms with E-state index in [1.165, 1.54) is 12.1 Å². The smallest absolute Gasteiger partial charge is 0.224 e. The van der Waals surface area contributed by atoms with E-state index in [9.17, 15) is 13.2 Å². The van der Waals surface area contributed by atoms with E-state index in [0.717, 1.165) is 11.8 Å². The van der Waals surface area contributed by atoms with E-state index in [0.29, 0.717) is 28.8 Å². The third-order valence-electron chi connectivity index (χ3n) is 3.81. The average molecular weight is 405 g/mol. The van der Waals surface area contributed by atoms with Gasteiger partial charge in [0, 0.05) is 35.4 Å². The van der Waals surface area contributed by atoms with Crippen LogP contribution in [0.25, 0.3) is 11.3 Å². The minimum absolute atomic E-state index is 0.189. The van der Waals surface area contributed by atoms with Crippen LogP contribution >= 0.6 is 11.6 Å². The Bertz CT molecular complexity index is 1040. The van der Waals surface area contributed by atoms with Gasteiger partial charge in [-0.1, -0.05) is 11.6 Å². The first-order valence-corrected chi connectivity index (χ1v) is 10.4. The summed E-state index contributed by atoms with van der Waals surface area (Å²) in [5.74, 6) is 0.856. The van der Waals surface area contributed by atoms with Crippen molar-refractivity contribution in [2.75, 3.05) is 11.6 Å². The fourth-order valence-corrected chi connectivity index (χ4v) is 3.16. The van der Waals surface area contributed by atoms with Crippen molar-refractivity contribution in [2.24, 2.45) is 0 Å². The van der Waals surface area contributed by atoms with Gasteiger partial charge >= 0.3 is 0 Å². The molecule has 0 aliphatic heterocycles. The minimum Gasteiger partial charge on any atom is -0.441 e. The molecule has 1 amide bonds. The molecule has 0 aliphatic carbocycles. The van der Waals surface area contributed by atoms with E-state index in [1.807, 2.05) is 12.1 Å². The quantitative estimate of drug-likeness (QED) is 0.671. The van der Waals surface area contributed by atoms with Crippen LogP contribution in [0.2, 0.25) is 5.02 Å². The molecule has 0 atom stereocenters. The number of nitrogens with one attached hydrogen (secondary N) is 1. The normalized spacial score (nSPS) is 11.3. The maximum atomic E-state index is 12.1. The number of benzene rings is 2.